The predicted octanol–water partition coefficient (Wildman–Crippen LogP) is 3.27. The number of aliphatic imine (C=N–C) groups is 1. The first-order valence-electron chi connectivity index (χ1n) is 8.35. The number of furan rings is 1. The molecule has 1 amide bonds. The number of nitrogens with one attached hydrogen (secondary N) is 2. The van der Waals surface area contributed by atoms with Crippen molar-refractivity contribution in [2.45, 2.75) is 59.5 Å². The second-order valence-corrected chi connectivity index (χ2v) is 6.20. The van der Waals surface area contributed by atoms with Gasteiger partial charge in [0.15, 0.2) is 11.7 Å². The van der Waals surface area contributed by atoms with Crippen molar-refractivity contribution in [1.29, 1.82) is 0 Å². The monoisotopic (exact) mass is 450 g/mol. The number of nitrogens with zero attached hydrogens (tertiary/aromatic N) is 1. The Labute approximate surface area is 162 Å². The molecule has 1 aromatic heterocycles. The van der Waals surface area contributed by atoms with E-state index in [1.807, 2.05) is 6.92 Å². The van der Waals surface area contributed by atoms with E-state index in [1.165, 1.54) is 12.8 Å². The lowest BCUT2D eigenvalue weighted by Gasteiger charge is -2.18. The van der Waals surface area contributed by atoms with Crippen molar-refractivity contribution >= 4 is 35.8 Å². The molecule has 24 heavy (non-hydrogen) atoms. The molecular formula is C17H31IN4O2. The lowest BCUT2D eigenvalue weighted by atomic mass is 10.0. The third kappa shape index (κ3) is 9.14. The van der Waals surface area contributed by atoms with Gasteiger partial charge in [0.2, 0.25) is 0 Å². The second-order valence-electron chi connectivity index (χ2n) is 6.20. The summed E-state index contributed by atoms with van der Waals surface area (Å²) in [5.41, 5.74) is 5.17. The van der Waals surface area contributed by atoms with E-state index in [0.717, 1.165) is 24.8 Å². The minimum Gasteiger partial charge on any atom is -0.454 e. The molecule has 0 aliphatic carbocycles. The molecular weight excluding hydrogens is 419 g/mol. The molecule has 1 atom stereocenters. The van der Waals surface area contributed by atoms with Crippen LogP contribution in [0.5, 0.6) is 0 Å². The van der Waals surface area contributed by atoms with E-state index in [9.17, 15) is 4.79 Å². The zero-order valence-electron chi connectivity index (χ0n) is 15.1. The zero-order chi connectivity index (χ0) is 17.2. The van der Waals surface area contributed by atoms with Crippen molar-refractivity contribution in [2.75, 3.05) is 6.54 Å². The molecule has 1 rings (SSSR count). The molecule has 0 bridgehead atoms. The van der Waals surface area contributed by atoms with Crippen LogP contribution in [-0.4, -0.2) is 24.5 Å². The zero-order valence-corrected chi connectivity index (χ0v) is 17.4. The molecule has 1 aromatic rings. The van der Waals surface area contributed by atoms with Crippen LogP contribution < -0.4 is 16.4 Å². The Bertz CT molecular complexity index is 514. The van der Waals surface area contributed by atoms with Gasteiger partial charge in [0.25, 0.3) is 5.91 Å². The molecule has 0 radical (unpaired) electrons. The van der Waals surface area contributed by atoms with Crippen molar-refractivity contribution in [3.05, 3.63) is 23.7 Å². The molecule has 0 aliphatic heterocycles. The summed E-state index contributed by atoms with van der Waals surface area (Å²) in [7, 11) is 0. The third-order valence-corrected chi connectivity index (χ3v) is 3.44. The van der Waals surface area contributed by atoms with Crippen molar-refractivity contribution in [2.24, 2.45) is 16.6 Å². The fourth-order valence-electron chi connectivity index (χ4n) is 2.21. The quantitative estimate of drug-likeness (QED) is 0.306. The minimum atomic E-state index is -0.566. The Kier molecular flexibility index (Phi) is 11.5. The van der Waals surface area contributed by atoms with Crippen LogP contribution in [0.3, 0.4) is 0 Å². The lowest BCUT2D eigenvalue weighted by molar-refractivity contribution is 0.0972. The summed E-state index contributed by atoms with van der Waals surface area (Å²) in [6, 6.07) is 3.64. The summed E-state index contributed by atoms with van der Waals surface area (Å²) >= 11 is 0. The number of hydrogen-bond acceptors (Lipinski definition) is 3. The fraction of sp³-hybridized carbons (Fsp3) is 0.647. The van der Waals surface area contributed by atoms with Gasteiger partial charge in [0, 0.05) is 12.6 Å². The maximum atomic E-state index is 11.0. The van der Waals surface area contributed by atoms with Crippen LogP contribution in [0.4, 0.5) is 0 Å². The number of rotatable bonds is 9. The summed E-state index contributed by atoms with van der Waals surface area (Å²) in [5, 5.41) is 6.62. The summed E-state index contributed by atoms with van der Waals surface area (Å²) in [5.74, 6) is 1.70. The number of hydrogen-bond donors (Lipinski definition) is 3. The van der Waals surface area contributed by atoms with Crippen molar-refractivity contribution < 1.29 is 9.21 Å². The minimum absolute atomic E-state index is 0. The Morgan fingerprint density at radius 1 is 1.29 bits per heavy atom. The summed E-state index contributed by atoms with van der Waals surface area (Å²) in [6.07, 6.45) is 3.54. The van der Waals surface area contributed by atoms with Gasteiger partial charge >= 0.3 is 0 Å². The van der Waals surface area contributed by atoms with Crippen LogP contribution >= 0.6 is 24.0 Å². The first-order chi connectivity index (χ1) is 10.9. The second kappa shape index (κ2) is 12.2. The first-order valence-corrected chi connectivity index (χ1v) is 8.35. The standard InChI is InChI=1S/C17H30N4O2.HI/c1-5-19-17(21-13(4)8-6-7-12(2)3)20-11-14-9-10-15(23-14)16(18)22;/h9-10,12-13H,5-8,11H2,1-4H3,(H2,18,22)(H2,19,20,21);1H. The van der Waals surface area contributed by atoms with E-state index < -0.39 is 5.91 Å². The molecule has 0 aromatic carbocycles. The highest BCUT2D eigenvalue weighted by molar-refractivity contribution is 14.0. The van der Waals surface area contributed by atoms with Crippen LogP contribution in [0.1, 0.15) is 63.3 Å². The van der Waals surface area contributed by atoms with Crippen LogP contribution in [0, 0.1) is 5.92 Å². The van der Waals surface area contributed by atoms with Gasteiger partial charge in [0.1, 0.15) is 12.3 Å². The van der Waals surface area contributed by atoms with E-state index in [1.54, 1.807) is 12.1 Å². The van der Waals surface area contributed by atoms with Crippen LogP contribution in [0.25, 0.3) is 0 Å². The van der Waals surface area contributed by atoms with Crippen LogP contribution in [0.2, 0.25) is 0 Å². The molecule has 0 spiro atoms. The van der Waals surface area contributed by atoms with Gasteiger partial charge in [-0.3, -0.25) is 4.79 Å². The molecule has 6 nitrogen and oxygen atoms in total. The Morgan fingerprint density at radius 3 is 2.54 bits per heavy atom. The van der Waals surface area contributed by atoms with Crippen molar-refractivity contribution in [3.63, 3.8) is 0 Å². The number of halogens is 1. The van der Waals surface area contributed by atoms with Gasteiger partial charge in [0.05, 0.1) is 0 Å². The molecule has 1 heterocycles. The topological polar surface area (TPSA) is 92.6 Å². The van der Waals surface area contributed by atoms with Gasteiger partial charge in [-0.1, -0.05) is 26.7 Å². The number of carbonyl (C=O) groups is 1. The largest absolute Gasteiger partial charge is 0.454 e. The van der Waals surface area contributed by atoms with Crippen LogP contribution in [0.15, 0.2) is 21.5 Å². The molecule has 0 saturated carbocycles. The Hall–Kier alpha value is -1.25. The molecule has 138 valence electrons. The molecule has 4 N–H and O–H groups in total. The van der Waals surface area contributed by atoms with Gasteiger partial charge in [-0.05, 0) is 38.3 Å². The summed E-state index contributed by atoms with van der Waals surface area (Å²) < 4.78 is 5.33. The number of nitrogens with two attached hydrogens (primary N) is 1. The molecule has 0 aliphatic rings. The van der Waals surface area contributed by atoms with Gasteiger partial charge in [-0.25, -0.2) is 4.99 Å². The molecule has 0 saturated heterocycles. The maximum absolute atomic E-state index is 11.0. The highest BCUT2D eigenvalue weighted by Crippen LogP contribution is 2.09. The Balaban J connectivity index is 0.00000529. The van der Waals surface area contributed by atoms with Crippen LogP contribution in [-0.2, 0) is 6.54 Å². The number of guanidine groups is 1. The number of primary amides is 1. The summed E-state index contributed by atoms with van der Waals surface area (Å²) in [6.45, 7) is 9.82. The molecule has 1 unspecified atom stereocenters. The lowest BCUT2D eigenvalue weighted by Crippen LogP contribution is -2.42. The number of amides is 1. The first kappa shape index (κ1) is 22.8. The molecule has 7 heteroatoms. The average molecular weight is 450 g/mol. The fourth-order valence-corrected chi connectivity index (χ4v) is 2.21. The highest BCUT2D eigenvalue weighted by atomic mass is 127. The van der Waals surface area contributed by atoms with E-state index in [2.05, 4.69) is 36.4 Å². The van der Waals surface area contributed by atoms with Gasteiger partial charge < -0.3 is 20.8 Å². The van der Waals surface area contributed by atoms with Gasteiger partial charge in [-0.2, -0.15) is 0 Å². The predicted molar refractivity (Wildman–Crippen MR) is 109 cm³/mol. The highest BCUT2D eigenvalue weighted by Gasteiger charge is 2.08. The summed E-state index contributed by atoms with van der Waals surface area (Å²) in [4.78, 5) is 15.5. The van der Waals surface area contributed by atoms with Crippen molar-refractivity contribution in [3.8, 4) is 0 Å². The van der Waals surface area contributed by atoms with E-state index in [-0.39, 0.29) is 29.7 Å². The Morgan fingerprint density at radius 2 is 2.00 bits per heavy atom. The van der Waals surface area contributed by atoms with Gasteiger partial charge in [-0.15, -0.1) is 24.0 Å². The van der Waals surface area contributed by atoms with E-state index in [0.29, 0.717) is 18.3 Å². The molecule has 0 fully saturated rings. The SMILES string of the molecule is CCNC(=NCc1ccc(C(N)=O)o1)NC(C)CCCC(C)C.I. The maximum Gasteiger partial charge on any atom is 0.284 e. The van der Waals surface area contributed by atoms with Crippen molar-refractivity contribution in [1.82, 2.24) is 10.6 Å². The van der Waals surface area contributed by atoms with E-state index >= 15 is 0 Å². The van der Waals surface area contributed by atoms with E-state index in [4.69, 9.17) is 10.2 Å². The average Bonchev–Trinajstić information content (AvgIpc) is 2.93. The smallest absolute Gasteiger partial charge is 0.284 e. The third-order valence-electron chi connectivity index (χ3n) is 3.44. The number of carbonyl (C=O) groups excluding carboxylic acids is 1. The normalized spacial score (nSPS) is 12.6.